The van der Waals surface area contributed by atoms with Crippen LogP contribution in [0.4, 0.5) is 0 Å². The summed E-state index contributed by atoms with van der Waals surface area (Å²) in [4.78, 5) is 0. The summed E-state index contributed by atoms with van der Waals surface area (Å²) in [6.07, 6.45) is -0.856. The van der Waals surface area contributed by atoms with Gasteiger partial charge in [0.15, 0.2) is 0 Å². The highest BCUT2D eigenvalue weighted by atomic mass is 16.4. The Labute approximate surface area is 109 Å². The van der Waals surface area contributed by atoms with Crippen LogP contribution in [0.25, 0.3) is 0 Å². The van der Waals surface area contributed by atoms with Gasteiger partial charge in [-0.15, -0.1) is 0 Å². The lowest BCUT2D eigenvalue weighted by Gasteiger charge is -2.24. The molecule has 0 saturated carbocycles. The van der Waals surface area contributed by atoms with Gasteiger partial charge in [-0.25, -0.2) is 0 Å². The van der Waals surface area contributed by atoms with Crippen molar-refractivity contribution in [3.05, 3.63) is 0 Å². The smallest absolute Gasteiger partial charge is 0.111 e. The third-order valence-electron chi connectivity index (χ3n) is 2.47. The summed E-state index contributed by atoms with van der Waals surface area (Å²) in [5, 5.41) is 52.2. The monoisotopic (exact) mass is 268 g/mol. The molecule has 6 nitrogen and oxygen atoms in total. The van der Waals surface area contributed by atoms with E-state index >= 15 is 0 Å². The van der Waals surface area contributed by atoms with Gasteiger partial charge in [0, 0.05) is 0 Å². The van der Waals surface area contributed by atoms with Gasteiger partial charge in [-0.05, 0) is 0 Å². The van der Waals surface area contributed by atoms with Crippen molar-refractivity contribution in [2.45, 2.75) is 63.9 Å². The van der Waals surface area contributed by atoms with Crippen molar-refractivity contribution < 1.29 is 30.6 Å². The molecule has 0 bridgehead atoms. The maximum Gasteiger partial charge on any atom is 0.111 e. The molecule has 0 aliphatic rings. The van der Waals surface area contributed by atoms with Gasteiger partial charge in [0.05, 0.1) is 13.2 Å². The molecule has 4 atom stereocenters. The normalized spacial score (nSPS) is 17.3. The van der Waals surface area contributed by atoms with Gasteiger partial charge in [-0.2, -0.15) is 0 Å². The minimum absolute atomic E-state index is 0.726. The Hall–Kier alpha value is -0.240. The van der Waals surface area contributed by atoms with E-state index in [1.807, 2.05) is 0 Å². The molecule has 0 aromatic carbocycles. The first-order valence-electron chi connectivity index (χ1n) is 6.40. The highest BCUT2D eigenvalue weighted by molar-refractivity contribution is 4.79. The molecule has 0 heterocycles. The third kappa shape index (κ3) is 9.76. The molecule has 18 heavy (non-hydrogen) atoms. The van der Waals surface area contributed by atoms with Crippen LogP contribution in [-0.4, -0.2) is 68.3 Å². The van der Waals surface area contributed by atoms with Crippen LogP contribution < -0.4 is 0 Å². The predicted molar refractivity (Wildman–Crippen MR) is 68.0 cm³/mol. The molecule has 0 aromatic rings. The van der Waals surface area contributed by atoms with Gasteiger partial charge in [0.2, 0.25) is 0 Å². The van der Waals surface area contributed by atoms with Crippen molar-refractivity contribution in [1.29, 1.82) is 0 Å². The summed E-state index contributed by atoms with van der Waals surface area (Å²) in [5.74, 6) is 0. The van der Waals surface area contributed by atoms with Gasteiger partial charge in [0.1, 0.15) is 24.4 Å². The van der Waals surface area contributed by atoms with E-state index in [2.05, 4.69) is 13.8 Å². The molecular formula is C12H28O6. The Kier molecular flexibility index (Phi) is 14.7. The van der Waals surface area contributed by atoms with Crippen LogP contribution in [0.5, 0.6) is 0 Å². The number of unbranched alkanes of at least 4 members (excludes halogenated alkanes) is 3. The summed E-state index contributed by atoms with van der Waals surface area (Å²) >= 11 is 0. The summed E-state index contributed by atoms with van der Waals surface area (Å²) in [6, 6.07) is 0. The molecule has 0 fully saturated rings. The van der Waals surface area contributed by atoms with Crippen molar-refractivity contribution in [3.63, 3.8) is 0 Å². The fourth-order valence-electron chi connectivity index (χ4n) is 1.17. The fourth-order valence-corrected chi connectivity index (χ4v) is 1.17. The lowest BCUT2D eigenvalue weighted by molar-refractivity contribution is -0.123. The molecule has 0 saturated heterocycles. The quantitative estimate of drug-likeness (QED) is 0.314. The van der Waals surface area contributed by atoms with E-state index in [-0.39, 0.29) is 0 Å². The fraction of sp³-hybridized carbons (Fsp3) is 1.00. The molecule has 0 rings (SSSR count). The van der Waals surface area contributed by atoms with E-state index in [9.17, 15) is 0 Å². The van der Waals surface area contributed by atoms with Crippen LogP contribution in [0.15, 0.2) is 0 Å². The van der Waals surface area contributed by atoms with Crippen LogP contribution in [0, 0.1) is 0 Å². The number of hydrogen-bond donors (Lipinski definition) is 6. The van der Waals surface area contributed by atoms with E-state index in [1.54, 1.807) is 0 Å². The van der Waals surface area contributed by atoms with E-state index in [1.165, 1.54) is 25.7 Å². The Bertz CT molecular complexity index is 149. The predicted octanol–water partition coefficient (Wildman–Crippen LogP) is -0.999. The van der Waals surface area contributed by atoms with Crippen LogP contribution in [-0.2, 0) is 0 Å². The van der Waals surface area contributed by atoms with Gasteiger partial charge in [-0.3, -0.25) is 0 Å². The number of rotatable bonds is 8. The zero-order chi connectivity index (χ0) is 14.6. The highest BCUT2D eigenvalue weighted by Crippen LogP contribution is 2.04. The molecule has 0 amide bonds. The minimum atomic E-state index is -1.67. The minimum Gasteiger partial charge on any atom is -0.394 e. The average Bonchev–Trinajstić information content (AvgIpc) is 2.42. The second-order valence-electron chi connectivity index (χ2n) is 4.19. The first kappa shape index (κ1) is 20.1. The van der Waals surface area contributed by atoms with Gasteiger partial charge in [-0.1, -0.05) is 39.5 Å². The lowest BCUT2D eigenvalue weighted by atomic mass is 10.0. The van der Waals surface area contributed by atoms with Crippen molar-refractivity contribution in [2.75, 3.05) is 13.2 Å². The molecule has 0 spiro atoms. The summed E-state index contributed by atoms with van der Waals surface area (Å²) in [7, 11) is 0. The van der Waals surface area contributed by atoms with Crippen molar-refractivity contribution in [1.82, 2.24) is 0 Å². The van der Waals surface area contributed by atoms with Crippen molar-refractivity contribution in [2.24, 2.45) is 0 Å². The van der Waals surface area contributed by atoms with E-state index < -0.39 is 37.6 Å². The second kappa shape index (κ2) is 13.2. The van der Waals surface area contributed by atoms with E-state index in [4.69, 9.17) is 30.6 Å². The molecule has 0 aromatic heterocycles. The molecule has 6 heteroatoms. The first-order chi connectivity index (χ1) is 8.45. The zero-order valence-corrected chi connectivity index (χ0v) is 11.2. The maximum atomic E-state index is 8.96. The summed E-state index contributed by atoms with van der Waals surface area (Å²) < 4.78 is 0. The van der Waals surface area contributed by atoms with Crippen molar-refractivity contribution in [3.8, 4) is 0 Å². The summed E-state index contributed by atoms with van der Waals surface area (Å²) in [6.45, 7) is 3.01. The topological polar surface area (TPSA) is 121 Å². The SMILES string of the molecule is CCCCCC.OC[C@@H](O)[C@@H](O)[C@H](O)[C@@H](O)CO. The highest BCUT2D eigenvalue weighted by Gasteiger charge is 2.29. The van der Waals surface area contributed by atoms with Crippen LogP contribution in [0.2, 0.25) is 0 Å². The number of aliphatic hydroxyl groups is 6. The Morgan fingerprint density at radius 3 is 1.11 bits per heavy atom. The second-order valence-corrected chi connectivity index (χ2v) is 4.19. The van der Waals surface area contributed by atoms with E-state index in [0.29, 0.717) is 0 Å². The average molecular weight is 268 g/mol. The largest absolute Gasteiger partial charge is 0.394 e. The Morgan fingerprint density at radius 2 is 0.944 bits per heavy atom. The first-order valence-corrected chi connectivity index (χ1v) is 6.40. The molecule has 112 valence electrons. The summed E-state index contributed by atoms with van der Waals surface area (Å²) in [5.41, 5.74) is 0. The van der Waals surface area contributed by atoms with E-state index in [0.717, 1.165) is 0 Å². The van der Waals surface area contributed by atoms with Gasteiger partial charge >= 0.3 is 0 Å². The molecule has 6 N–H and O–H groups in total. The Balaban J connectivity index is 0. The molecule has 0 radical (unpaired) electrons. The lowest BCUT2D eigenvalue weighted by Crippen LogP contribution is -2.46. The molecular weight excluding hydrogens is 240 g/mol. The van der Waals surface area contributed by atoms with Gasteiger partial charge < -0.3 is 30.6 Å². The number of aliphatic hydroxyl groups excluding tert-OH is 6. The van der Waals surface area contributed by atoms with Crippen LogP contribution in [0.1, 0.15) is 39.5 Å². The van der Waals surface area contributed by atoms with Crippen LogP contribution in [0.3, 0.4) is 0 Å². The van der Waals surface area contributed by atoms with Crippen molar-refractivity contribution >= 4 is 0 Å². The molecule has 0 aliphatic carbocycles. The third-order valence-corrected chi connectivity index (χ3v) is 2.47. The standard InChI is InChI=1S/C6H14O6.C6H14/c7-1-3(9)5(11)6(12)4(10)2-8;1-3-5-6-4-2/h3-12H,1-2H2;3-6H2,1-2H3/t3-,4+,5-,6-;/m1./s1. The molecule has 0 unspecified atom stereocenters. The molecule has 0 aliphatic heterocycles. The maximum absolute atomic E-state index is 8.96. The van der Waals surface area contributed by atoms with Crippen LogP contribution >= 0.6 is 0 Å². The number of hydrogen-bond acceptors (Lipinski definition) is 6. The Morgan fingerprint density at radius 1 is 0.667 bits per heavy atom. The zero-order valence-electron chi connectivity index (χ0n) is 11.2. The van der Waals surface area contributed by atoms with Gasteiger partial charge in [0.25, 0.3) is 0 Å².